The number of Topliss-reactive ketones (excluding diaryl/α,β-unsaturated/α-hetero) is 1. The molecule has 224 valence electrons. The van der Waals surface area contributed by atoms with Gasteiger partial charge < -0.3 is 10.1 Å². The highest BCUT2D eigenvalue weighted by atomic mass is 32.2. The fourth-order valence-electron chi connectivity index (χ4n) is 5.44. The van der Waals surface area contributed by atoms with Crippen molar-refractivity contribution in [1.29, 1.82) is 0 Å². The zero-order chi connectivity index (χ0) is 30.6. The van der Waals surface area contributed by atoms with Gasteiger partial charge in [-0.25, -0.2) is 8.42 Å². The van der Waals surface area contributed by atoms with Gasteiger partial charge >= 0.3 is 12.4 Å². The van der Waals surface area contributed by atoms with Crippen molar-refractivity contribution in [2.45, 2.75) is 49.7 Å². The van der Waals surface area contributed by atoms with Crippen LogP contribution < -0.4 is 10.0 Å². The number of alkyl halides is 6. The maximum atomic E-state index is 13.4. The second kappa shape index (κ2) is 10.6. The first-order valence-corrected chi connectivity index (χ1v) is 14.5. The van der Waals surface area contributed by atoms with Gasteiger partial charge in [0.2, 0.25) is 0 Å². The van der Waals surface area contributed by atoms with E-state index in [4.69, 9.17) is 4.74 Å². The van der Waals surface area contributed by atoms with Crippen LogP contribution in [0.2, 0.25) is 0 Å². The number of benzene rings is 3. The first-order valence-electron chi connectivity index (χ1n) is 13.0. The molecule has 13 heteroatoms. The molecule has 6 nitrogen and oxygen atoms in total. The summed E-state index contributed by atoms with van der Waals surface area (Å²) in [5, 5.41) is 3.42. The van der Waals surface area contributed by atoms with E-state index in [-0.39, 0.29) is 40.7 Å². The van der Waals surface area contributed by atoms with E-state index in [0.717, 1.165) is 5.56 Å². The van der Waals surface area contributed by atoms with Crippen molar-refractivity contribution >= 4 is 27.2 Å². The summed E-state index contributed by atoms with van der Waals surface area (Å²) in [6.07, 6.45) is -10.5. The predicted octanol–water partition coefficient (Wildman–Crippen LogP) is 7.61. The van der Waals surface area contributed by atoms with Crippen molar-refractivity contribution in [2.24, 2.45) is 11.8 Å². The highest BCUT2D eigenvalue weighted by Gasteiger charge is 2.44. The molecule has 3 aromatic rings. The van der Waals surface area contributed by atoms with Crippen molar-refractivity contribution in [1.82, 2.24) is 0 Å². The quantitative estimate of drug-likeness (QED) is 0.221. The molecule has 5 rings (SSSR count). The third kappa shape index (κ3) is 5.71. The molecular weight excluding hydrogens is 586 g/mol. The van der Waals surface area contributed by atoms with Gasteiger partial charge in [0.25, 0.3) is 10.0 Å². The lowest BCUT2D eigenvalue weighted by Crippen LogP contribution is -2.29. The Morgan fingerprint density at radius 1 is 0.929 bits per heavy atom. The summed E-state index contributed by atoms with van der Waals surface area (Å²) in [7, 11) is -4.49. The van der Waals surface area contributed by atoms with E-state index < -0.39 is 45.3 Å². The molecule has 3 aromatic carbocycles. The summed E-state index contributed by atoms with van der Waals surface area (Å²) >= 11 is 0. The normalized spacial score (nSPS) is 20.5. The molecular formula is C29H26F6N2O4S. The van der Waals surface area contributed by atoms with Crippen molar-refractivity contribution in [3.05, 3.63) is 88.5 Å². The number of sulfonamides is 1. The summed E-state index contributed by atoms with van der Waals surface area (Å²) < 4.78 is 114. The van der Waals surface area contributed by atoms with Gasteiger partial charge in [-0.05, 0) is 48.4 Å². The van der Waals surface area contributed by atoms with Gasteiger partial charge in [-0.15, -0.1) is 0 Å². The van der Waals surface area contributed by atoms with E-state index in [9.17, 15) is 39.6 Å². The lowest BCUT2D eigenvalue weighted by Gasteiger charge is -2.36. The smallest absolute Gasteiger partial charge is 0.378 e. The number of hydrogen-bond donors (Lipinski definition) is 2. The molecule has 2 aliphatic rings. The van der Waals surface area contributed by atoms with Crippen LogP contribution in [0.1, 0.15) is 65.0 Å². The zero-order valence-corrected chi connectivity index (χ0v) is 23.1. The minimum atomic E-state index is -5.36. The molecule has 2 heterocycles. The van der Waals surface area contributed by atoms with E-state index in [1.165, 1.54) is 18.2 Å². The van der Waals surface area contributed by atoms with Crippen LogP contribution in [0.5, 0.6) is 0 Å². The van der Waals surface area contributed by atoms with Crippen molar-refractivity contribution < 1.29 is 44.3 Å². The van der Waals surface area contributed by atoms with Crippen LogP contribution >= 0.6 is 0 Å². The van der Waals surface area contributed by atoms with Gasteiger partial charge in [0.15, 0.2) is 5.78 Å². The molecule has 1 unspecified atom stereocenters. The van der Waals surface area contributed by atoms with Crippen LogP contribution in [-0.2, 0) is 27.1 Å². The fraction of sp³-hybridized carbons (Fsp3) is 0.345. The summed E-state index contributed by atoms with van der Waals surface area (Å²) in [5.41, 5.74) is -1.94. The molecule has 1 fully saturated rings. The average molecular weight is 613 g/mol. The SMILES string of the molecule is CC(C)C(=O)c1ccc([C@@H]2Nc3ccc(S(=O)(=O)Nc4ccc(C(F)(F)F)c(C(F)(F)F)c4)cc3C3OCC[C@H]32)cc1. The largest absolute Gasteiger partial charge is 0.417 e. The molecule has 2 aliphatic heterocycles. The second-order valence-electron chi connectivity index (χ2n) is 10.6. The predicted molar refractivity (Wildman–Crippen MR) is 142 cm³/mol. The number of nitrogens with one attached hydrogen (secondary N) is 2. The van der Waals surface area contributed by atoms with Crippen LogP contribution in [0, 0.1) is 11.8 Å². The van der Waals surface area contributed by atoms with E-state index in [1.807, 2.05) is 30.7 Å². The molecule has 0 aliphatic carbocycles. The Labute approximate surface area is 238 Å². The number of carbonyl (C=O) groups excluding carboxylic acids is 1. The first-order chi connectivity index (χ1) is 19.6. The molecule has 3 atom stereocenters. The second-order valence-corrected chi connectivity index (χ2v) is 12.3. The van der Waals surface area contributed by atoms with Gasteiger partial charge in [-0.1, -0.05) is 38.1 Å². The lowest BCUT2D eigenvalue weighted by molar-refractivity contribution is -0.162. The van der Waals surface area contributed by atoms with E-state index >= 15 is 0 Å². The van der Waals surface area contributed by atoms with Gasteiger partial charge in [-0.2, -0.15) is 26.3 Å². The molecule has 1 saturated heterocycles. The number of ether oxygens (including phenoxy) is 1. The van der Waals surface area contributed by atoms with Crippen LogP contribution in [0.15, 0.2) is 65.6 Å². The van der Waals surface area contributed by atoms with Gasteiger partial charge in [0.1, 0.15) is 0 Å². The highest BCUT2D eigenvalue weighted by molar-refractivity contribution is 7.92. The Hall–Kier alpha value is -3.58. The third-order valence-corrected chi connectivity index (χ3v) is 8.86. The number of carbonyl (C=O) groups is 1. The number of hydrogen-bond acceptors (Lipinski definition) is 5. The molecule has 0 spiro atoms. The summed E-state index contributed by atoms with van der Waals surface area (Å²) in [6, 6.07) is 12.2. The van der Waals surface area contributed by atoms with Crippen LogP contribution in [0.3, 0.4) is 0 Å². The molecule has 0 saturated carbocycles. The van der Waals surface area contributed by atoms with Gasteiger partial charge in [0.05, 0.1) is 28.2 Å². The van der Waals surface area contributed by atoms with E-state index in [0.29, 0.717) is 35.9 Å². The number of halogens is 6. The molecule has 2 N–H and O–H groups in total. The topological polar surface area (TPSA) is 84.5 Å². The average Bonchev–Trinajstić information content (AvgIpc) is 3.41. The third-order valence-electron chi connectivity index (χ3n) is 7.48. The van der Waals surface area contributed by atoms with Gasteiger partial charge in [-0.3, -0.25) is 9.52 Å². The summed E-state index contributed by atoms with van der Waals surface area (Å²) in [5.74, 6) is -0.202. The number of rotatable bonds is 6. The van der Waals surface area contributed by atoms with Crippen molar-refractivity contribution in [2.75, 3.05) is 16.6 Å². The van der Waals surface area contributed by atoms with E-state index in [2.05, 4.69) is 5.32 Å². The number of anilines is 2. The van der Waals surface area contributed by atoms with Crippen molar-refractivity contribution in [3.8, 4) is 0 Å². The molecule has 0 amide bonds. The maximum absolute atomic E-state index is 13.4. The minimum absolute atomic E-state index is 0.0267. The zero-order valence-electron chi connectivity index (χ0n) is 22.3. The lowest BCUT2D eigenvalue weighted by atomic mass is 9.81. The molecule has 0 aromatic heterocycles. The minimum Gasteiger partial charge on any atom is -0.378 e. The van der Waals surface area contributed by atoms with Gasteiger partial charge in [0, 0.05) is 40.9 Å². The highest BCUT2D eigenvalue weighted by Crippen LogP contribution is 2.50. The Balaban J connectivity index is 1.43. The first kappa shape index (κ1) is 29.9. The molecule has 42 heavy (non-hydrogen) atoms. The molecule has 0 bridgehead atoms. The monoisotopic (exact) mass is 612 g/mol. The number of ketones is 1. The van der Waals surface area contributed by atoms with Crippen LogP contribution in [0.4, 0.5) is 37.7 Å². The summed E-state index contributed by atoms with van der Waals surface area (Å²) in [6.45, 7) is 4.06. The standard InChI is InChI=1S/C29H26F6N2O4S/c1-15(2)26(38)17-5-3-16(4-6-17)25-20-11-12-41-27(20)21-14-19(8-10-24(21)36-25)42(39,40)37-18-7-9-22(28(30,31)32)23(13-18)29(33,34)35/h3-10,13-15,20,25,27,36-37H,11-12H2,1-2H3/t20-,25-,27?/m0/s1. The Morgan fingerprint density at radius 2 is 1.60 bits per heavy atom. The fourth-order valence-corrected chi connectivity index (χ4v) is 6.52. The Kier molecular flexibility index (Phi) is 7.55. The summed E-state index contributed by atoms with van der Waals surface area (Å²) in [4.78, 5) is 12.0. The molecule has 0 radical (unpaired) electrons. The Morgan fingerprint density at radius 3 is 2.21 bits per heavy atom. The van der Waals surface area contributed by atoms with E-state index in [1.54, 1.807) is 12.1 Å². The van der Waals surface area contributed by atoms with Crippen LogP contribution in [0.25, 0.3) is 0 Å². The van der Waals surface area contributed by atoms with Crippen LogP contribution in [-0.4, -0.2) is 20.8 Å². The maximum Gasteiger partial charge on any atom is 0.417 e. The number of fused-ring (bicyclic) bond motifs is 3. The Bertz CT molecular complexity index is 1620. The van der Waals surface area contributed by atoms with Crippen molar-refractivity contribution in [3.63, 3.8) is 0 Å².